The van der Waals surface area contributed by atoms with Gasteiger partial charge in [0, 0.05) is 21.3 Å². The van der Waals surface area contributed by atoms with Crippen LogP contribution in [0.3, 0.4) is 0 Å². The van der Waals surface area contributed by atoms with Crippen molar-refractivity contribution in [1.29, 1.82) is 0 Å². The summed E-state index contributed by atoms with van der Waals surface area (Å²) in [6.45, 7) is 2.26. The fourth-order valence-electron chi connectivity index (χ4n) is 2.10. The van der Waals surface area contributed by atoms with E-state index in [1.165, 1.54) is 10.4 Å². The smallest absolute Gasteiger partial charge is 0.0843 e. The lowest BCUT2D eigenvalue weighted by molar-refractivity contribution is 0.515. The quantitative estimate of drug-likeness (QED) is 0.745. The molecule has 4 heteroatoms. The third kappa shape index (κ3) is 3.05. The van der Waals surface area contributed by atoms with Gasteiger partial charge in [-0.05, 0) is 50.5 Å². The largest absolute Gasteiger partial charge is 0.312 e. The average molecular weight is 389 g/mol. The number of nitrogens with one attached hydrogen (secondary N) is 1. The molecule has 18 heavy (non-hydrogen) atoms. The van der Waals surface area contributed by atoms with Gasteiger partial charge in [-0.3, -0.25) is 0 Å². The Kier molecular flexibility index (Phi) is 5.01. The predicted molar refractivity (Wildman–Crippen MR) is 86.4 cm³/mol. The van der Waals surface area contributed by atoms with Crippen molar-refractivity contribution < 1.29 is 0 Å². The molecule has 0 fully saturated rings. The van der Waals surface area contributed by atoms with E-state index in [1.54, 1.807) is 11.3 Å². The fourth-order valence-corrected chi connectivity index (χ4v) is 4.41. The van der Waals surface area contributed by atoms with E-state index < -0.39 is 0 Å². The number of hydrogen-bond donors (Lipinski definition) is 1. The first-order valence-corrected chi connectivity index (χ1v) is 8.20. The molecule has 96 valence electrons. The summed E-state index contributed by atoms with van der Waals surface area (Å²) in [5.74, 6) is 0.439. The summed E-state index contributed by atoms with van der Waals surface area (Å²) < 4.78 is 2.28. The molecule has 0 spiro atoms. The molecule has 2 unspecified atom stereocenters. The van der Waals surface area contributed by atoms with Gasteiger partial charge in [-0.2, -0.15) is 0 Å². The second-order valence-corrected chi connectivity index (χ2v) is 7.49. The van der Waals surface area contributed by atoms with Crippen LogP contribution in [0, 0.1) is 0 Å². The summed E-state index contributed by atoms with van der Waals surface area (Å²) >= 11 is 8.89. The molecule has 1 aromatic heterocycles. The van der Waals surface area contributed by atoms with Crippen molar-refractivity contribution >= 4 is 43.2 Å². The van der Waals surface area contributed by atoms with E-state index in [0.29, 0.717) is 12.0 Å². The van der Waals surface area contributed by atoms with E-state index in [0.717, 1.165) is 8.26 Å². The van der Waals surface area contributed by atoms with Gasteiger partial charge in [-0.25, -0.2) is 0 Å². The van der Waals surface area contributed by atoms with E-state index in [-0.39, 0.29) is 0 Å². The lowest BCUT2D eigenvalue weighted by Crippen LogP contribution is -2.21. The summed E-state index contributed by atoms with van der Waals surface area (Å²) in [4.78, 5) is 1.34. The topological polar surface area (TPSA) is 12.0 Å². The lowest BCUT2D eigenvalue weighted by Gasteiger charge is -2.22. The minimum absolute atomic E-state index is 0.333. The number of benzene rings is 1. The summed E-state index contributed by atoms with van der Waals surface area (Å²) in [5.41, 5.74) is 1.36. The van der Waals surface area contributed by atoms with Gasteiger partial charge in [-0.1, -0.05) is 37.3 Å². The third-order valence-corrected chi connectivity index (χ3v) is 6.45. The Hall–Kier alpha value is -0.160. The highest BCUT2D eigenvalue weighted by Crippen LogP contribution is 2.40. The molecule has 0 aliphatic heterocycles. The van der Waals surface area contributed by atoms with Crippen molar-refractivity contribution in [2.75, 3.05) is 7.05 Å². The summed E-state index contributed by atoms with van der Waals surface area (Å²) in [6.07, 6.45) is 0. The minimum atomic E-state index is 0.333. The minimum Gasteiger partial charge on any atom is -0.312 e. The lowest BCUT2D eigenvalue weighted by atomic mass is 9.92. The molecule has 0 aliphatic rings. The highest BCUT2D eigenvalue weighted by molar-refractivity contribution is 9.13. The van der Waals surface area contributed by atoms with Gasteiger partial charge < -0.3 is 5.32 Å². The number of hydrogen-bond acceptors (Lipinski definition) is 2. The van der Waals surface area contributed by atoms with Crippen molar-refractivity contribution in [3.63, 3.8) is 0 Å². The first kappa shape index (κ1) is 14.3. The molecule has 1 aromatic carbocycles. The van der Waals surface area contributed by atoms with Crippen LogP contribution in [0.25, 0.3) is 0 Å². The van der Waals surface area contributed by atoms with Crippen LogP contribution in [-0.2, 0) is 0 Å². The SMILES string of the molecule is CNC(c1cc(Br)c(Br)s1)C(C)c1ccccc1. The summed E-state index contributed by atoms with van der Waals surface area (Å²) in [5, 5.41) is 3.43. The Bertz CT molecular complexity index is 490. The molecular formula is C14H15Br2NS. The fraction of sp³-hybridized carbons (Fsp3) is 0.286. The van der Waals surface area contributed by atoms with E-state index in [1.807, 2.05) is 7.05 Å². The zero-order chi connectivity index (χ0) is 13.1. The Morgan fingerprint density at radius 1 is 1.17 bits per heavy atom. The van der Waals surface area contributed by atoms with Crippen molar-refractivity contribution in [3.05, 3.63) is 55.1 Å². The first-order valence-electron chi connectivity index (χ1n) is 5.80. The van der Waals surface area contributed by atoms with Crippen molar-refractivity contribution in [3.8, 4) is 0 Å². The van der Waals surface area contributed by atoms with Crippen LogP contribution < -0.4 is 5.32 Å². The van der Waals surface area contributed by atoms with Gasteiger partial charge in [-0.15, -0.1) is 11.3 Å². The maximum Gasteiger partial charge on any atom is 0.0843 e. The number of likely N-dealkylation sites (N-methyl/N-ethyl adjacent to an activating group) is 1. The van der Waals surface area contributed by atoms with Gasteiger partial charge in [0.15, 0.2) is 0 Å². The molecule has 0 bridgehead atoms. The van der Waals surface area contributed by atoms with Gasteiger partial charge in [0.2, 0.25) is 0 Å². The maximum atomic E-state index is 3.56. The van der Waals surface area contributed by atoms with Crippen LogP contribution in [0.4, 0.5) is 0 Å². The second kappa shape index (κ2) is 6.33. The molecule has 0 saturated carbocycles. The molecule has 1 N–H and O–H groups in total. The normalized spacial score (nSPS) is 14.4. The first-order chi connectivity index (χ1) is 8.63. The average Bonchev–Trinajstić information content (AvgIpc) is 2.71. The van der Waals surface area contributed by atoms with E-state index in [4.69, 9.17) is 0 Å². The number of rotatable bonds is 4. The Morgan fingerprint density at radius 3 is 2.33 bits per heavy atom. The van der Waals surface area contributed by atoms with Crippen molar-refractivity contribution in [2.45, 2.75) is 18.9 Å². The van der Waals surface area contributed by atoms with Gasteiger partial charge in [0.05, 0.1) is 3.79 Å². The number of thiophene rings is 1. The van der Waals surface area contributed by atoms with Crippen molar-refractivity contribution in [2.24, 2.45) is 0 Å². The highest BCUT2D eigenvalue weighted by atomic mass is 79.9. The third-order valence-electron chi connectivity index (χ3n) is 3.11. The Morgan fingerprint density at radius 2 is 1.83 bits per heavy atom. The summed E-state index contributed by atoms with van der Waals surface area (Å²) in [6, 6.07) is 13.1. The van der Waals surface area contributed by atoms with Crippen LogP contribution in [0.15, 0.2) is 44.7 Å². The van der Waals surface area contributed by atoms with Crippen LogP contribution in [-0.4, -0.2) is 7.05 Å². The standard InChI is InChI=1S/C14H15Br2NS/c1-9(10-6-4-3-5-7-10)13(17-2)12-8-11(15)14(16)18-12/h3-9,13,17H,1-2H3. The van der Waals surface area contributed by atoms with E-state index in [2.05, 4.69) is 80.5 Å². The summed E-state index contributed by atoms with van der Waals surface area (Å²) in [7, 11) is 2.02. The molecule has 1 heterocycles. The maximum absolute atomic E-state index is 3.56. The zero-order valence-corrected chi connectivity index (χ0v) is 14.3. The molecule has 0 amide bonds. The second-order valence-electron chi connectivity index (χ2n) is 4.24. The molecule has 2 rings (SSSR count). The monoisotopic (exact) mass is 387 g/mol. The molecule has 2 aromatic rings. The Balaban J connectivity index is 2.29. The van der Waals surface area contributed by atoms with Crippen LogP contribution in [0.1, 0.15) is 29.3 Å². The van der Waals surface area contributed by atoms with Gasteiger partial charge in [0.1, 0.15) is 0 Å². The van der Waals surface area contributed by atoms with E-state index in [9.17, 15) is 0 Å². The molecule has 0 saturated heterocycles. The van der Waals surface area contributed by atoms with Crippen LogP contribution >= 0.6 is 43.2 Å². The van der Waals surface area contributed by atoms with Crippen molar-refractivity contribution in [1.82, 2.24) is 5.32 Å². The van der Waals surface area contributed by atoms with Gasteiger partial charge >= 0.3 is 0 Å². The van der Waals surface area contributed by atoms with Crippen LogP contribution in [0.2, 0.25) is 0 Å². The molecular weight excluding hydrogens is 374 g/mol. The van der Waals surface area contributed by atoms with E-state index >= 15 is 0 Å². The van der Waals surface area contributed by atoms with Crippen LogP contribution in [0.5, 0.6) is 0 Å². The molecule has 2 atom stereocenters. The number of halogens is 2. The highest BCUT2D eigenvalue weighted by Gasteiger charge is 2.21. The molecule has 0 radical (unpaired) electrons. The zero-order valence-electron chi connectivity index (χ0n) is 10.3. The van der Waals surface area contributed by atoms with Gasteiger partial charge in [0.25, 0.3) is 0 Å². The Labute approximate surface area is 129 Å². The predicted octanol–water partition coefficient (Wildman–Crippen LogP) is 5.34. The molecule has 0 aliphatic carbocycles. The molecule has 1 nitrogen and oxygen atoms in total.